The van der Waals surface area contributed by atoms with Crippen LogP contribution in [0.25, 0.3) is 0 Å². The van der Waals surface area contributed by atoms with Gasteiger partial charge in [-0.1, -0.05) is 15.9 Å². The number of alkyl halides is 1. The maximum atomic E-state index is 5.04. The van der Waals surface area contributed by atoms with E-state index in [4.69, 9.17) is 4.74 Å². The Labute approximate surface area is 90.6 Å². The average Bonchev–Trinajstić information content (AvgIpc) is 1.99. The number of halogens is 1. The standard InChI is InChI=1S/C10H22BrNO/c1-9(5-8-13-4)12-10(2,3)6-7-11/h9,12H,5-8H2,1-4H3. The molecule has 0 aromatic heterocycles. The van der Waals surface area contributed by atoms with Crippen LogP contribution in [0.4, 0.5) is 0 Å². The summed E-state index contributed by atoms with van der Waals surface area (Å²) in [5.74, 6) is 0. The van der Waals surface area contributed by atoms with E-state index in [-0.39, 0.29) is 5.54 Å². The van der Waals surface area contributed by atoms with E-state index in [2.05, 4.69) is 42.0 Å². The van der Waals surface area contributed by atoms with Crippen molar-refractivity contribution in [3.8, 4) is 0 Å². The van der Waals surface area contributed by atoms with Crippen LogP contribution in [0.5, 0.6) is 0 Å². The Morgan fingerprint density at radius 3 is 2.54 bits per heavy atom. The average molecular weight is 252 g/mol. The molecule has 0 aromatic rings. The second-order valence-corrected chi connectivity index (χ2v) is 4.94. The van der Waals surface area contributed by atoms with E-state index >= 15 is 0 Å². The van der Waals surface area contributed by atoms with Gasteiger partial charge in [0.25, 0.3) is 0 Å². The van der Waals surface area contributed by atoms with Gasteiger partial charge in [0.15, 0.2) is 0 Å². The molecule has 80 valence electrons. The maximum Gasteiger partial charge on any atom is 0.0476 e. The van der Waals surface area contributed by atoms with Gasteiger partial charge >= 0.3 is 0 Å². The predicted octanol–water partition coefficient (Wildman–Crippen LogP) is 2.56. The van der Waals surface area contributed by atoms with Crippen molar-refractivity contribution >= 4 is 15.9 Å². The lowest BCUT2D eigenvalue weighted by atomic mass is 10.0. The number of methoxy groups -OCH3 is 1. The summed E-state index contributed by atoms with van der Waals surface area (Å²) >= 11 is 3.46. The highest BCUT2D eigenvalue weighted by atomic mass is 79.9. The van der Waals surface area contributed by atoms with Crippen LogP contribution in [-0.4, -0.2) is 30.6 Å². The van der Waals surface area contributed by atoms with Gasteiger partial charge in [0.2, 0.25) is 0 Å². The minimum absolute atomic E-state index is 0.219. The number of nitrogens with one attached hydrogen (secondary N) is 1. The Bertz CT molecular complexity index is 128. The van der Waals surface area contributed by atoms with E-state index in [0.717, 1.165) is 24.8 Å². The highest BCUT2D eigenvalue weighted by Crippen LogP contribution is 2.11. The molecule has 0 fully saturated rings. The van der Waals surface area contributed by atoms with Gasteiger partial charge < -0.3 is 10.1 Å². The summed E-state index contributed by atoms with van der Waals surface area (Å²) in [4.78, 5) is 0. The molecule has 1 N–H and O–H groups in total. The number of rotatable bonds is 7. The molecule has 0 bridgehead atoms. The molecule has 0 radical (unpaired) electrons. The molecule has 2 nitrogen and oxygen atoms in total. The first-order chi connectivity index (χ1) is 6.02. The lowest BCUT2D eigenvalue weighted by molar-refractivity contribution is 0.177. The zero-order valence-corrected chi connectivity index (χ0v) is 10.8. The molecular weight excluding hydrogens is 230 g/mol. The molecule has 3 heteroatoms. The molecule has 0 aliphatic carbocycles. The van der Waals surface area contributed by atoms with Gasteiger partial charge in [-0.05, 0) is 33.6 Å². The number of hydrogen-bond donors (Lipinski definition) is 1. The zero-order chi connectivity index (χ0) is 10.3. The lowest BCUT2D eigenvalue weighted by Crippen LogP contribution is -2.45. The number of hydrogen-bond acceptors (Lipinski definition) is 2. The van der Waals surface area contributed by atoms with Crippen LogP contribution in [-0.2, 0) is 4.74 Å². The summed E-state index contributed by atoms with van der Waals surface area (Å²) in [7, 11) is 1.75. The van der Waals surface area contributed by atoms with Gasteiger partial charge in [0, 0.05) is 30.6 Å². The molecule has 0 rings (SSSR count). The Balaban J connectivity index is 3.68. The van der Waals surface area contributed by atoms with E-state index in [0.29, 0.717) is 6.04 Å². The molecule has 0 aliphatic rings. The Morgan fingerprint density at radius 2 is 2.08 bits per heavy atom. The Kier molecular flexibility index (Phi) is 7.00. The molecule has 0 saturated heterocycles. The Hall–Kier alpha value is 0.400. The highest BCUT2D eigenvalue weighted by molar-refractivity contribution is 9.09. The molecule has 0 spiro atoms. The fourth-order valence-electron chi connectivity index (χ4n) is 1.34. The summed E-state index contributed by atoms with van der Waals surface area (Å²) < 4.78 is 5.04. The molecule has 1 atom stereocenters. The molecule has 0 aromatic carbocycles. The lowest BCUT2D eigenvalue weighted by Gasteiger charge is -2.29. The monoisotopic (exact) mass is 251 g/mol. The topological polar surface area (TPSA) is 21.3 Å². The van der Waals surface area contributed by atoms with Crippen LogP contribution in [0.15, 0.2) is 0 Å². The Morgan fingerprint density at radius 1 is 1.46 bits per heavy atom. The molecule has 0 heterocycles. The highest BCUT2D eigenvalue weighted by Gasteiger charge is 2.18. The van der Waals surface area contributed by atoms with E-state index in [1.807, 2.05) is 0 Å². The van der Waals surface area contributed by atoms with Gasteiger partial charge in [0.05, 0.1) is 0 Å². The minimum atomic E-state index is 0.219. The van der Waals surface area contributed by atoms with Crippen molar-refractivity contribution in [1.29, 1.82) is 0 Å². The fraction of sp³-hybridized carbons (Fsp3) is 1.00. The number of ether oxygens (including phenoxy) is 1. The summed E-state index contributed by atoms with van der Waals surface area (Å²) in [5, 5.41) is 4.63. The smallest absolute Gasteiger partial charge is 0.0476 e. The van der Waals surface area contributed by atoms with Crippen molar-refractivity contribution in [3.63, 3.8) is 0 Å². The van der Waals surface area contributed by atoms with E-state index < -0.39 is 0 Å². The van der Waals surface area contributed by atoms with E-state index in [1.54, 1.807) is 7.11 Å². The van der Waals surface area contributed by atoms with Crippen molar-refractivity contribution in [2.75, 3.05) is 19.0 Å². The van der Waals surface area contributed by atoms with Crippen molar-refractivity contribution in [3.05, 3.63) is 0 Å². The van der Waals surface area contributed by atoms with Gasteiger partial charge in [0.1, 0.15) is 0 Å². The second-order valence-electron chi connectivity index (χ2n) is 4.15. The van der Waals surface area contributed by atoms with Crippen molar-refractivity contribution in [2.45, 2.75) is 45.2 Å². The third-order valence-electron chi connectivity index (χ3n) is 2.11. The normalized spacial score (nSPS) is 14.5. The fourth-order valence-corrected chi connectivity index (χ4v) is 2.33. The summed E-state index contributed by atoms with van der Waals surface area (Å²) in [6, 6.07) is 0.522. The van der Waals surface area contributed by atoms with Gasteiger partial charge in [-0.3, -0.25) is 0 Å². The minimum Gasteiger partial charge on any atom is -0.385 e. The molecule has 0 aliphatic heterocycles. The van der Waals surface area contributed by atoms with Crippen LogP contribution in [0.3, 0.4) is 0 Å². The van der Waals surface area contributed by atoms with Crippen molar-refractivity contribution < 1.29 is 4.74 Å². The van der Waals surface area contributed by atoms with Crippen LogP contribution in [0, 0.1) is 0 Å². The first-order valence-corrected chi connectivity index (χ1v) is 5.96. The first-order valence-electron chi connectivity index (χ1n) is 4.84. The van der Waals surface area contributed by atoms with Crippen molar-refractivity contribution in [1.82, 2.24) is 5.32 Å². The summed E-state index contributed by atoms with van der Waals surface area (Å²) in [5.41, 5.74) is 0.219. The largest absolute Gasteiger partial charge is 0.385 e. The van der Waals surface area contributed by atoms with Crippen LogP contribution in [0.1, 0.15) is 33.6 Å². The molecular formula is C10H22BrNO. The quantitative estimate of drug-likeness (QED) is 0.703. The van der Waals surface area contributed by atoms with Gasteiger partial charge in [-0.15, -0.1) is 0 Å². The van der Waals surface area contributed by atoms with Crippen LogP contribution in [0.2, 0.25) is 0 Å². The third-order valence-corrected chi connectivity index (χ3v) is 2.51. The van der Waals surface area contributed by atoms with E-state index in [9.17, 15) is 0 Å². The van der Waals surface area contributed by atoms with Gasteiger partial charge in [-0.2, -0.15) is 0 Å². The zero-order valence-electron chi connectivity index (χ0n) is 9.19. The summed E-state index contributed by atoms with van der Waals surface area (Å²) in [6.45, 7) is 7.50. The third kappa shape index (κ3) is 7.47. The van der Waals surface area contributed by atoms with Crippen LogP contribution < -0.4 is 5.32 Å². The van der Waals surface area contributed by atoms with Crippen molar-refractivity contribution in [2.24, 2.45) is 0 Å². The van der Waals surface area contributed by atoms with Gasteiger partial charge in [-0.25, -0.2) is 0 Å². The second kappa shape index (κ2) is 6.80. The van der Waals surface area contributed by atoms with Crippen LogP contribution >= 0.6 is 15.9 Å². The molecule has 0 amide bonds. The first kappa shape index (κ1) is 13.4. The maximum absolute atomic E-state index is 5.04. The SMILES string of the molecule is COCCC(C)NC(C)(C)CCBr. The predicted molar refractivity (Wildman–Crippen MR) is 61.6 cm³/mol. The molecule has 13 heavy (non-hydrogen) atoms. The molecule has 0 saturated carbocycles. The summed E-state index contributed by atoms with van der Waals surface area (Å²) in [6.07, 6.45) is 2.21. The van der Waals surface area contributed by atoms with E-state index in [1.165, 1.54) is 0 Å². The molecule has 1 unspecified atom stereocenters.